The summed E-state index contributed by atoms with van der Waals surface area (Å²) in [6.07, 6.45) is 8.21. The molecule has 5 nitrogen and oxygen atoms in total. The Bertz CT molecular complexity index is 1450. The smallest absolute Gasteiger partial charge is 0.267 e. The normalized spacial score (nSPS) is 18.1. The summed E-state index contributed by atoms with van der Waals surface area (Å²) in [6, 6.07) is 19.4. The van der Waals surface area contributed by atoms with Crippen molar-refractivity contribution in [2.24, 2.45) is 4.99 Å². The van der Waals surface area contributed by atoms with E-state index >= 15 is 0 Å². The molecule has 1 saturated carbocycles. The molecule has 0 bridgehead atoms. The van der Waals surface area contributed by atoms with Crippen molar-refractivity contribution < 1.29 is 14.3 Å². The minimum atomic E-state index is -0.0112. The fourth-order valence-electron chi connectivity index (χ4n) is 5.14. The monoisotopic (exact) mass is 594 g/mol. The van der Waals surface area contributed by atoms with E-state index in [9.17, 15) is 4.79 Å². The van der Waals surface area contributed by atoms with E-state index in [2.05, 4.69) is 13.0 Å². The largest absolute Gasteiger partial charge is 0.493 e. The second kappa shape index (κ2) is 13.2. The maximum atomic E-state index is 13.9. The number of aliphatic imine (C=N–C) groups is 1. The summed E-state index contributed by atoms with van der Waals surface area (Å²) < 4.78 is 11.9. The number of rotatable bonds is 8. The highest BCUT2D eigenvalue weighted by Crippen LogP contribution is 2.41. The first-order chi connectivity index (χ1) is 19.5. The molecule has 0 N–H and O–H groups in total. The molecule has 1 saturated heterocycles. The zero-order valence-electron chi connectivity index (χ0n) is 22.7. The van der Waals surface area contributed by atoms with Gasteiger partial charge in [-0.15, -0.1) is 0 Å². The van der Waals surface area contributed by atoms with E-state index in [0.717, 1.165) is 59.6 Å². The van der Waals surface area contributed by atoms with Crippen LogP contribution in [0.25, 0.3) is 6.08 Å². The van der Waals surface area contributed by atoms with E-state index in [0.29, 0.717) is 26.4 Å². The number of carbonyl (C=O) groups excluding carboxylic acids is 1. The molecule has 5 rings (SSSR count). The van der Waals surface area contributed by atoms with Crippen molar-refractivity contribution in [1.82, 2.24) is 4.90 Å². The first kappa shape index (κ1) is 28.6. The molecule has 0 unspecified atom stereocenters. The highest BCUT2D eigenvalue weighted by atomic mass is 35.5. The SMILES string of the molecule is CCc1ccccc1N=C1S/C(=C/c2cccc(OC)c2OCc2ccc(Cl)c(Cl)c2)C(=O)N1C1CCCCC1. The molecule has 1 heterocycles. The van der Waals surface area contributed by atoms with Crippen LogP contribution in [0.3, 0.4) is 0 Å². The van der Waals surface area contributed by atoms with Crippen molar-refractivity contribution in [1.29, 1.82) is 0 Å². The summed E-state index contributed by atoms with van der Waals surface area (Å²) in [5.74, 6) is 1.13. The van der Waals surface area contributed by atoms with Gasteiger partial charge in [0.05, 0.1) is 27.7 Å². The quantitative estimate of drug-likeness (QED) is 0.244. The molecule has 0 radical (unpaired) electrons. The van der Waals surface area contributed by atoms with Crippen LogP contribution in [-0.4, -0.2) is 29.1 Å². The van der Waals surface area contributed by atoms with E-state index in [1.165, 1.54) is 18.2 Å². The number of thioether (sulfide) groups is 1. The van der Waals surface area contributed by atoms with Crippen LogP contribution >= 0.6 is 35.0 Å². The fourth-order valence-corrected chi connectivity index (χ4v) is 6.50. The van der Waals surface area contributed by atoms with Crippen molar-refractivity contribution in [2.45, 2.75) is 58.1 Å². The maximum Gasteiger partial charge on any atom is 0.267 e. The highest BCUT2D eigenvalue weighted by Gasteiger charge is 2.39. The Balaban J connectivity index is 1.50. The lowest BCUT2D eigenvalue weighted by Crippen LogP contribution is -2.40. The number of benzene rings is 3. The Labute approximate surface area is 250 Å². The van der Waals surface area contributed by atoms with Gasteiger partial charge in [-0.3, -0.25) is 9.69 Å². The molecule has 1 aliphatic heterocycles. The van der Waals surface area contributed by atoms with Crippen LogP contribution in [0.5, 0.6) is 11.5 Å². The molecule has 0 aromatic heterocycles. The average Bonchev–Trinajstić information content (AvgIpc) is 3.28. The van der Waals surface area contributed by atoms with Gasteiger partial charge in [-0.1, -0.05) is 85.8 Å². The topological polar surface area (TPSA) is 51.1 Å². The summed E-state index contributed by atoms with van der Waals surface area (Å²) in [4.78, 5) is 21.5. The van der Waals surface area contributed by atoms with Gasteiger partial charge >= 0.3 is 0 Å². The van der Waals surface area contributed by atoms with Crippen molar-refractivity contribution >= 4 is 57.8 Å². The zero-order chi connectivity index (χ0) is 28.1. The van der Waals surface area contributed by atoms with Crippen molar-refractivity contribution in [3.05, 3.63) is 92.3 Å². The lowest BCUT2D eigenvalue weighted by atomic mass is 9.94. The van der Waals surface area contributed by atoms with Crippen LogP contribution in [-0.2, 0) is 17.8 Å². The van der Waals surface area contributed by atoms with Gasteiger partial charge < -0.3 is 9.47 Å². The van der Waals surface area contributed by atoms with Gasteiger partial charge in [-0.2, -0.15) is 0 Å². The summed E-state index contributed by atoms with van der Waals surface area (Å²) in [5, 5.41) is 1.70. The molecule has 208 valence electrons. The van der Waals surface area contributed by atoms with Crippen LogP contribution in [0.4, 0.5) is 5.69 Å². The number of methoxy groups -OCH3 is 1. The summed E-state index contributed by atoms with van der Waals surface area (Å²) in [6.45, 7) is 2.39. The van der Waals surface area contributed by atoms with Crippen molar-refractivity contribution in [2.75, 3.05) is 7.11 Å². The third-order valence-corrected chi connectivity index (χ3v) is 8.97. The summed E-state index contributed by atoms with van der Waals surface area (Å²) in [7, 11) is 1.61. The van der Waals surface area contributed by atoms with E-state index in [1.807, 2.05) is 53.4 Å². The van der Waals surface area contributed by atoms with Gasteiger partial charge in [0.15, 0.2) is 16.7 Å². The van der Waals surface area contributed by atoms with E-state index in [-0.39, 0.29) is 18.6 Å². The lowest BCUT2D eigenvalue weighted by molar-refractivity contribution is -0.124. The number of amidine groups is 1. The molecule has 3 aromatic carbocycles. The van der Waals surface area contributed by atoms with E-state index in [4.69, 9.17) is 37.7 Å². The number of amides is 1. The second-order valence-corrected chi connectivity index (χ2v) is 11.7. The summed E-state index contributed by atoms with van der Waals surface area (Å²) >= 11 is 13.7. The number of carbonyl (C=O) groups is 1. The van der Waals surface area contributed by atoms with Crippen LogP contribution in [0.2, 0.25) is 10.0 Å². The molecule has 1 aliphatic carbocycles. The molecule has 2 fully saturated rings. The van der Waals surface area contributed by atoms with Crippen LogP contribution in [0.1, 0.15) is 55.7 Å². The lowest BCUT2D eigenvalue weighted by Gasteiger charge is -2.30. The predicted molar refractivity (Wildman–Crippen MR) is 166 cm³/mol. The molecule has 8 heteroatoms. The Kier molecular flexibility index (Phi) is 9.40. The van der Waals surface area contributed by atoms with Gasteiger partial charge in [0, 0.05) is 11.6 Å². The van der Waals surface area contributed by atoms with Gasteiger partial charge in [0.1, 0.15) is 6.61 Å². The molecule has 0 atom stereocenters. The number of aryl methyl sites for hydroxylation is 1. The number of hydrogen-bond donors (Lipinski definition) is 0. The number of para-hydroxylation sites is 2. The molecule has 0 spiro atoms. The van der Waals surface area contributed by atoms with Gasteiger partial charge in [-0.25, -0.2) is 4.99 Å². The molecular formula is C32H32Cl2N2O3S. The number of halogens is 2. The van der Waals surface area contributed by atoms with Crippen molar-refractivity contribution in [3.63, 3.8) is 0 Å². The van der Waals surface area contributed by atoms with Gasteiger partial charge in [0.25, 0.3) is 5.91 Å². The Morgan fingerprint density at radius 1 is 1.02 bits per heavy atom. The average molecular weight is 596 g/mol. The molecule has 3 aromatic rings. The molecule has 1 amide bonds. The van der Waals surface area contributed by atoms with Crippen molar-refractivity contribution in [3.8, 4) is 11.5 Å². The van der Waals surface area contributed by atoms with Gasteiger partial charge in [0.2, 0.25) is 0 Å². The first-order valence-corrected chi connectivity index (χ1v) is 15.2. The Morgan fingerprint density at radius 3 is 2.58 bits per heavy atom. The number of hydrogen-bond acceptors (Lipinski definition) is 5. The minimum Gasteiger partial charge on any atom is -0.493 e. The fraction of sp³-hybridized carbons (Fsp3) is 0.312. The highest BCUT2D eigenvalue weighted by molar-refractivity contribution is 8.18. The van der Waals surface area contributed by atoms with Gasteiger partial charge in [-0.05, 0) is 72.5 Å². The third kappa shape index (κ3) is 6.35. The van der Waals surface area contributed by atoms with E-state index < -0.39 is 0 Å². The molecule has 2 aliphatic rings. The summed E-state index contributed by atoms with van der Waals surface area (Å²) in [5.41, 5.74) is 3.70. The second-order valence-electron chi connectivity index (χ2n) is 9.87. The first-order valence-electron chi connectivity index (χ1n) is 13.6. The third-order valence-electron chi connectivity index (χ3n) is 7.25. The standard InChI is InChI=1S/C32H32Cl2N2O3S/c1-3-22-10-7-8-14-27(22)35-32-36(24-12-5-4-6-13-24)31(37)29(40-32)19-23-11-9-15-28(38-2)30(23)39-20-21-16-17-25(33)26(34)18-21/h7-11,14-19,24H,3-6,12-13,20H2,1-2H3/b29-19+,35-32?. The van der Waals surface area contributed by atoms with Crippen LogP contribution in [0, 0.1) is 0 Å². The Morgan fingerprint density at radius 2 is 1.82 bits per heavy atom. The van der Waals surface area contributed by atoms with Crippen LogP contribution < -0.4 is 9.47 Å². The molecule has 40 heavy (non-hydrogen) atoms. The van der Waals surface area contributed by atoms with Crippen LogP contribution in [0.15, 0.2) is 70.6 Å². The zero-order valence-corrected chi connectivity index (χ0v) is 25.0. The maximum absolute atomic E-state index is 13.9. The molecular weight excluding hydrogens is 563 g/mol. The minimum absolute atomic E-state index is 0.0112. The predicted octanol–water partition coefficient (Wildman–Crippen LogP) is 9.08. The number of nitrogens with zero attached hydrogens (tertiary/aromatic N) is 2. The Hall–Kier alpha value is -2.93. The van der Waals surface area contributed by atoms with E-state index in [1.54, 1.807) is 19.2 Å². The number of ether oxygens (including phenoxy) is 2.